The van der Waals surface area contributed by atoms with Gasteiger partial charge < -0.3 is 10.6 Å². The number of hydrogen-bond donors (Lipinski definition) is 2. The van der Waals surface area contributed by atoms with Gasteiger partial charge in [-0.3, -0.25) is 4.79 Å². The zero-order valence-electron chi connectivity index (χ0n) is 19.0. The van der Waals surface area contributed by atoms with Gasteiger partial charge in [-0.1, -0.05) is 90.6 Å². The topological polar surface area (TPSA) is 71.8 Å². The zero-order chi connectivity index (χ0) is 23.5. The van der Waals surface area contributed by atoms with E-state index in [0.717, 1.165) is 28.3 Å². The van der Waals surface area contributed by atoms with E-state index in [0.29, 0.717) is 16.7 Å². The van der Waals surface area contributed by atoms with Crippen LogP contribution in [0.5, 0.6) is 0 Å². The number of rotatable bonds is 6. The van der Waals surface area contributed by atoms with Crippen molar-refractivity contribution in [1.82, 2.24) is 14.8 Å². The van der Waals surface area contributed by atoms with Crippen LogP contribution in [0.2, 0.25) is 0 Å². The lowest BCUT2D eigenvalue weighted by Gasteiger charge is -2.28. The summed E-state index contributed by atoms with van der Waals surface area (Å²) in [6.07, 6.45) is 0. The van der Waals surface area contributed by atoms with E-state index in [9.17, 15) is 4.79 Å². The number of anilines is 2. The molecule has 2 heterocycles. The van der Waals surface area contributed by atoms with Crippen molar-refractivity contribution >= 4 is 29.3 Å². The second-order valence-corrected chi connectivity index (χ2v) is 9.13. The Morgan fingerprint density at radius 3 is 2.38 bits per heavy atom. The molecule has 1 atom stereocenters. The molecule has 0 bridgehead atoms. The Hall–Kier alpha value is -3.84. The number of aromatic nitrogens is 3. The Balaban J connectivity index is 1.49. The second-order valence-electron chi connectivity index (χ2n) is 8.18. The first-order valence-electron chi connectivity index (χ1n) is 11.1. The number of aryl methyl sites for hydroxylation is 1. The number of nitrogens with zero attached hydrogens (tertiary/aromatic N) is 3. The van der Waals surface area contributed by atoms with E-state index in [2.05, 4.69) is 22.8 Å². The zero-order valence-corrected chi connectivity index (χ0v) is 19.8. The van der Waals surface area contributed by atoms with Crippen LogP contribution in [0.15, 0.2) is 101 Å². The molecule has 0 radical (unpaired) electrons. The highest BCUT2D eigenvalue weighted by Crippen LogP contribution is 2.37. The SMILES string of the molecule is CC1=C(C(=O)Nc2ccccc2C)C(c2ccccc2)n2nc(SCc3ccccc3)nc2N1. The average molecular weight is 468 g/mol. The highest BCUT2D eigenvalue weighted by atomic mass is 32.2. The maximum absolute atomic E-state index is 13.6. The summed E-state index contributed by atoms with van der Waals surface area (Å²) in [4.78, 5) is 18.3. The van der Waals surface area contributed by atoms with Gasteiger partial charge in [0, 0.05) is 17.1 Å². The Bertz CT molecular complexity index is 1350. The molecule has 170 valence electrons. The molecule has 0 saturated carbocycles. The number of carbonyl (C=O) groups is 1. The molecule has 2 N–H and O–H groups in total. The van der Waals surface area contributed by atoms with Crippen molar-refractivity contribution < 1.29 is 4.79 Å². The van der Waals surface area contributed by atoms with E-state index in [4.69, 9.17) is 10.1 Å². The molecular formula is C27H25N5OS. The molecule has 1 aromatic heterocycles. The molecule has 0 spiro atoms. The maximum atomic E-state index is 13.6. The van der Waals surface area contributed by atoms with Crippen LogP contribution in [0.4, 0.5) is 11.6 Å². The standard InChI is InChI=1S/C27H25N5OS/c1-18-11-9-10-16-22(18)29-25(33)23-19(2)28-26-30-27(34-17-20-12-5-3-6-13-20)31-32(26)24(23)21-14-7-4-8-15-21/h3-16,24H,17H2,1-2H3,(H,29,33)(H,28,30,31). The molecule has 34 heavy (non-hydrogen) atoms. The number of para-hydroxylation sites is 1. The van der Waals surface area contributed by atoms with E-state index in [1.807, 2.05) is 91.3 Å². The maximum Gasteiger partial charge on any atom is 0.255 e. The van der Waals surface area contributed by atoms with Crippen LogP contribution in [-0.2, 0) is 10.5 Å². The number of nitrogens with one attached hydrogen (secondary N) is 2. The average Bonchev–Trinajstić information content (AvgIpc) is 3.26. The minimum atomic E-state index is -0.389. The summed E-state index contributed by atoms with van der Waals surface area (Å²) in [6, 6.07) is 27.6. The van der Waals surface area contributed by atoms with E-state index in [1.165, 1.54) is 5.56 Å². The summed E-state index contributed by atoms with van der Waals surface area (Å²) in [6.45, 7) is 3.90. The van der Waals surface area contributed by atoms with E-state index >= 15 is 0 Å². The largest absolute Gasteiger partial charge is 0.328 e. The Labute approximate surface area is 203 Å². The van der Waals surface area contributed by atoms with E-state index < -0.39 is 0 Å². The number of thioether (sulfide) groups is 1. The van der Waals surface area contributed by atoms with Gasteiger partial charge in [0.15, 0.2) is 0 Å². The first kappa shape index (κ1) is 22.0. The molecule has 6 nitrogen and oxygen atoms in total. The van der Waals surface area contributed by atoms with Crippen molar-refractivity contribution in [2.45, 2.75) is 30.8 Å². The summed E-state index contributed by atoms with van der Waals surface area (Å²) in [7, 11) is 0. The van der Waals surface area contributed by atoms with Crippen LogP contribution < -0.4 is 10.6 Å². The minimum absolute atomic E-state index is 0.159. The molecule has 3 aromatic carbocycles. The first-order chi connectivity index (χ1) is 16.6. The van der Waals surface area contributed by atoms with Gasteiger partial charge in [0.05, 0.1) is 5.57 Å². The van der Waals surface area contributed by atoms with Crippen molar-refractivity contribution in [2.75, 3.05) is 10.6 Å². The van der Waals surface area contributed by atoms with Gasteiger partial charge in [0.1, 0.15) is 6.04 Å². The van der Waals surface area contributed by atoms with Crippen LogP contribution in [0.3, 0.4) is 0 Å². The van der Waals surface area contributed by atoms with Crippen molar-refractivity contribution in [1.29, 1.82) is 0 Å². The van der Waals surface area contributed by atoms with E-state index in [1.54, 1.807) is 11.8 Å². The highest BCUT2D eigenvalue weighted by molar-refractivity contribution is 7.98. The molecule has 4 aromatic rings. The third kappa shape index (κ3) is 4.47. The molecule has 7 heteroatoms. The van der Waals surface area contributed by atoms with Crippen molar-refractivity contribution in [3.63, 3.8) is 0 Å². The van der Waals surface area contributed by atoms with Gasteiger partial charge in [-0.15, -0.1) is 5.10 Å². The number of benzene rings is 3. The molecular weight excluding hydrogens is 442 g/mol. The number of fused-ring (bicyclic) bond motifs is 1. The molecule has 1 unspecified atom stereocenters. The first-order valence-corrected chi connectivity index (χ1v) is 12.1. The fraction of sp³-hybridized carbons (Fsp3) is 0.148. The Morgan fingerprint density at radius 2 is 1.65 bits per heavy atom. The normalized spacial score (nSPS) is 14.9. The number of allylic oxidation sites excluding steroid dienone is 1. The van der Waals surface area contributed by atoms with Crippen molar-refractivity contribution in [2.24, 2.45) is 0 Å². The third-order valence-corrected chi connectivity index (χ3v) is 6.71. The molecule has 1 aliphatic rings. The van der Waals surface area contributed by atoms with Crippen LogP contribution in [0.1, 0.15) is 29.7 Å². The van der Waals surface area contributed by atoms with Gasteiger partial charge >= 0.3 is 0 Å². The van der Waals surface area contributed by atoms with Crippen LogP contribution in [-0.4, -0.2) is 20.7 Å². The summed E-state index contributed by atoms with van der Waals surface area (Å²) in [5.74, 6) is 1.25. The predicted molar refractivity (Wildman–Crippen MR) is 137 cm³/mol. The Kier molecular flexibility index (Phi) is 6.18. The fourth-order valence-electron chi connectivity index (χ4n) is 4.06. The lowest BCUT2D eigenvalue weighted by atomic mass is 9.95. The minimum Gasteiger partial charge on any atom is -0.328 e. The Morgan fingerprint density at radius 1 is 0.971 bits per heavy atom. The van der Waals surface area contributed by atoms with Gasteiger partial charge in [0.25, 0.3) is 5.91 Å². The van der Waals surface area contributed by atoms with Crippen LogP contribution in [0, 0.1) is 6.92 Å². The summed E-state index contributed by atoms with van der Waals surface area (Å²) in [5, 5.41) is 11.9. The quantitative estimate of drug-likeness (QED) is 0.350. The lowest BCUT2D eigenvalue weighted by Crippen LogP contribution is -2.31. The molecule has 1 aliphatic heterocycles. The van der Waals surface area contributed by atoms with Crippen LogP contribution in [0.25, 0.3) is 0 Å². The molecule has 0 saturated heterocycles. The number of carbonyl (C=O) groups excluding carboxylic acids is 1. The smallest absolute Gasteiger partial charge is 0.255 e. The van der Waals surface area contributed by atoms with E-state index in [-0.39, 0.29) is 11.9 Å². The number of hydrogen-bond acceptors (Lipinski definition) is 5. The van der Waals surface area contributed by atoms with Gasteiger partial charge in [0.2, 0.25) is 11.1 Å². The molecule has 0 aliphatic carbocycles. The lowest BCUT2D eigenvalue weighted by molar-refractivity contribution is -0.113. The molecule has 5 rings (SSSR count). The summed E-state index contributed by atoms with van der Waals surface area (Å²) in [5.41, 5.74) is 5.37. The highest BCUT2D eigenvalue weighted by Gasteiger charge is 2.34. The van der Waals surface area contributed by atoms with Gasteiger partial charge in [-0.05, 0) is 36.6 Å². The summed E-state index contributed by atoms with van der Waals surface area (Å²) < 4.78 is 1.82. The molecule has 1 amide bonds. The van der Waals surface area contributed by atoms with Crippen LogP contribution >= 0.6 is 11.8 Å². The second kappa shape index (κ2) is 9.57. The summed E-state index contributed by atoms with van der Waals surface area (Å²) >= 11 is 1.58. The van der Waals surface area contributed by atoms with Gasteiger partial charge in [-0.2, -0.15) is 4.98 Å². The van der Waals surface area contributed by atoms with Crippen molar-refractivity contribution in [3.8, 4) is 0 Å². The predicted octanol–water partition coefficient (Wildman–Crippen LogP) is 5.81. The monoisotopic (exact) mass is 467 g/mol. The third-order valence-electron chi connectivity index (χ3n) is 5.80. The number of amides is 1. The fourth-order valence-corrected chi connectivity index (χ4v) is 4.84. The van der Waals surface area contributed by atoms with Gasteiger partial charge in [-0.25, -0.2) is 4.68 Å². The van der Waals surface area contributed by atoms with Crippen molar-refractivity contribution in [3.05, 3.63) is 113 Å². The molecule has 0 fully saturated rings.